The highest BCUT2D eigenvalue weighted by Crippen LogP contribution is 2.45. The number of halogens is 1. The topological polar surface area (TPSA) is 66.2 Å². The largest absolute Gasteiger partial charge is 0.354 e. The molecule has 0 spiro atoms. The van der Waals surface area contributed by atoms with E-state index in [1.54, 1.807) is 0 Å². The molecule has 0 saturated heterocycles. The van der Waals surface area contributed by atoms with Crippen molar-refractivity contribution in [2.75, 3.05) is 0 Å². The van der Waals surface area contributed by atoms with Crippen molar-refractivity contribution in [2.45, 2.75) is 0 Å². The van der Waals surface area contributed by atoms with Crippen LogP contribution in [0.15, 0.2) is 369 Å². The number of benzene rings is 14. The molecule has 0 aliphatic carbocycles. The lowest BCUT2D eigenvalue weighted by molar-refractivity contribution is 1.13. The third-order valence-electron chi connectivity index (χ3n) is 20.6. The highest BCUT2D eigenvalue weighted by Gasteiger charge is 2.23. The van der Waals surface area contributed by atoms with Gasteiger partial charge in [-0.2, -0.15) is 0 Å². The lowest BCUT2D eigenvalue weighted by atomic mass is 10.1. The Hall–Kier alpha value is -13.3. The predicted octanol–water partition coefficient (Wildman–Crippen LogP) is 25.1. The molecule has 9 heteroatoms. The second-order valence-corrected chi connectivity index (χ2v) is 27.2. The Labute approximate surface area is 600 Å². The van der Waals surface area contributed by atoms with Crippen LogP contribution in [0.2, 0.25) is 0 Å². The lowest BCUT2D eigenvalue weighted by Crippen LogP contribution is -1.98. The zero-order valence-corrected chi connectivity index (χ0v) is 57.2. The van der Waals surface area contributed by atoms with Gasteiger partial charge in [-0.05, 0) is 156 Å². The van der Waals surface area contributed by atoms with Gasteiger partial charge in [0.05, 0.1) is 67.6 Å². The molecule has 22 aromatic rings. The fourth-order valence-corrected chi connectivity index (χ4v) is 16.6. The van der Waals surface area contributed by atoms with Crippen molar-refractivity contribution in [3.63, 3.8) is 0 Å². The van der Waals surface area contributed by atoms with Gasteiger partial charge in [0.25, 0.3) is 0 Å². The Morgan fingerprint density at radius 3 is 1.02 bits per heavy atom. The monoisotopic (exact) mass is 1380 g/mol. The summed E-state index contributed by atoms with van der Waals surface area (Å²) in [4.78, 5) is 12.4. The number of hydrogen-bond acceptors (Lipinski definition) is 2. The summed E-state index contributed by atoms with van der Waals surface area (Å²) in [6.45, 7) is 0. The first-order chi connectivity index (χ1) is 51.1. The molecule has 8 heterocycles. The van der Waals surface area contributed by atoms with E-state index in [0.717, 1.165) is 38.3 Å². The maximum absolute atomic E-state index is 4.52. The van der Waals surface area contributed by atoms with Crippen LogP contribution in [0.1, 0.15) is 0 Å². The molecule has 0 aliphatic rings. The van der Waals surface area contributed by atoms with Crippen LogP contribution in [0.3, 0.4) is 0 Å². The number of aromatic amines is 1. The van der Waals surface area contributed by atoms with E-state index in [4.69, 9.17) is 0 Å². The molecule has 0 radical (unpaired) electrons. The molecule has 0 amide bonds. The molecule has 103 heavy (non-hydrogen) atoms. The summed E-state index contributed by atoms with van der Waals surface area (Å²) >= 11 is 3.55. The second kappa shape index (κ2) is 24.5. The number of H-pyrrole nitrogens is 1. The van der Waals surface area contributed by atoms with Crippen LogP contribution in [-0.2, 0) is 0 Å². The average Bonchev–Trinajstić information content (AvgIpc) is 1.55. The Kier molecular flexibility index (Phi) is 14.2. The SMILES string of the molecule is Brc1cccc(-n2c3ccccc3c3ccncc32)c1.c1ccc(-c2ccc(-n3c4ccccc4c4c5c(ccc43)[nH]c3ccccc35)cc2)cc1.c1ccc(-c2ccc(-n3c4ccccc4c4c5c6ccccc6n(-c6cccc(-n7c8ccccc8c8ccncc87)c6)c5ccc43)cc2)cc1. The standard InChI is InChI=1S/C47H30N4.C30H20N2.C17H11BrN2/c1-2-11-31(12-3-1)32-21-23-33(24-22-32)49-41-19-8-5-16-38(41)46-43(49)25-26-44-47(46)39-17-6-9-20-42(39)50(44)34-13-10-14-35(29-34)51-40-18-7-4-15-36(40)37-27-28-48-30-45(37)51;1-2-8-20(9-3-1)21-14-16-22(17-15-21)32-27-13-7-5-11-24(27)30-28(32)19-18-26-29(30)23-10-4-6-12-25(23)31-26;18-12-4-3-5-13(10-12)20-16-7-2-1-6-14(16)15-8-9-19-11-17(15)20/h1-30H;1-19,31H;1-11H. The molecule has 484 valence electrons. The van der Waals surface area contributed by atoms with Gasteiger partial charge in [0.15, 0.2) is 0 Å². The maximum Gasteiger partial charge on any atom is 0.0724 e. The fourth-order valence-electron chi connectivity index (χ4n) is 16.2. The third kappa shape index (κ3) is 9.80. The van der Waals surface area contributed by atoms with Crippen molar-refractivity contribution >= 4 is 147 Å². The Morgan fingerprint density at radius 2 is 0.553 bits per heavy atom. The van der Waals surface area contributed by atoms with Gasteiger partial charge in [0, 0.05) is 121 Å². The van der Waals surface area contributed by atoms with E-state index in [2.05, 4.69) is 387 Å². The molecule has 1 N–H and O–H groups in total. The highest BCUT2D eigenvalue weighted by molar-refractivity contribution is 9.10. The minimum Gasteiger partial charge on any atom is -0.354 e. The third-order valence-corrected chi connectivity index (χ3v) is 21.1. The van der Waals surface area contributed by atoms with Crippen molar-refractivity contribution in [3.05, 3.63) is 369 Å². The van der Waals surface area contributed by atoms with Crippen LogP contribution in [0, 0.1) is 0 Å². The van der Waals surface area contributed by atoms with Gasteiger partial charge in [-0.1, -0.05) is 222 Å². The number of hydrogen-bond donors (Lipinski definition) is 1. The zero-order chi connectivity index (χ0) is 68.1. The predicted molar refractivity (Wildman–Crippen MR) is 435 cm³/mol. The number of para-hydroxylation sites is 6. The molecular weight excluding hydrogens is 1320 g/mol. The highest BCUT2D eigenvalue weighted by atomic mass is 79.9. The normalized spacial score (nSPS) is 11.7. The van der Waals surface area contributed by atoms with Crippen LogP contribution in [0.5, 0.6) is 0 Å². The Morgan fingerprint density at radius 1 is 0.214 bits per heavy atom. The number of rotatable bonds is 7. The summed E-state index contributed by atoms with van der Waals surface area (Å²) in [6, 6.07) is 122. The van der Waals surface area contributed by atoms with E-state index in [9.17, 15) is 0 Å². The van der Waals surface area contributed by atoms with E-state index in [1.165, 1.54) is 148 Å². The van der Waals surface area contributed by atoms with Crippen molar-refractivity contribution in [1.82, 2.24) is 37.8 Å². The van der Waals surface area contributed by atoms with Crippen LogP contribution >= 0.6 is 15.9 Å². The Bertz CT molecular complexity index is 6950. The number of fused-ring (bicyclic) bond motifs is 20. The number of aromatic nitrogens is 8. The van der Waals surface area contributed by atoms with Crippen molar-refractivity contribution in [3.8, 4) is 50.7 Å². The quantitative estimate of drug-likeness (QED) is 0.173. The fraction of sp³-hybridized carbons (Fsp3) is 0. The summed E-state index contributed by atoms with van der Waals surface area (Å²) in [7, 11) is 0. The summed E-state index contributed by atoms with van der Waals surface area (Å²) in [5.41, 5.74) is 24.8. The van der Waals surface area contributed by atoms with Crippen molar-refractivity contribution in [2.24, 2.45) is 0 Å². The van der Waals surface area contributed by atoms with Gasteiger partial charge >= 0.3 is 0 Å². The first kappa shape index (κ1) is 59.7. The molecule has 8 nitrogen and oxygen atoms in total. The van der Waals surface area contributed by atoms with Gasteiger partial charge in [-0.3, -0.25) is 9.97 Å². The minimum atomic E-state index is 1.07. The molecule has 8 aromatic heterocycles. The average molecular weight is 1380 g/mol. The van der Waals surface area contributed by atoms with E-state index < -0.39 is 0 Å². The second-order valence-electron chi connectivity index (χ2n) is 26.3. The van der Waals surface area contributed by atoms with Gasteiger partial charge in [0.1, 0.15) is 0 Å². The molecule has 14 aromatic carbocycles. The van der Waals surface area contributed by atoms with Gasteiger partial charge < -0.3 is 27.8 Å². The van der Waals surface area contributed by atoms with Crippen LogP contribution in [-0.4, -0.2) is 37.8 Å². The summed E-state index contributed by atoms with van der Waals surface area (Å²) in [5.74, 6) is 0. The molecule has 0 atom stereocenters. The molecule has 0 unspecified atom stereocenters. The first-order valence-electron chi connectivity index (χ1n) is 34.8. The summed E-state index contributed by atoms with van der Waals surface area (Å²) in [6.07, 6.45) is 7.63. The van der Waals surface area contributed by atoms with Crippen molar-refractivity contribution in [1.29, 1.82) is 0 Å². The van der Waals surface area contributed by atoms with Crippen LogP contribution in [0.25, 0.3) is 182 Å². The molecule has 0 aliphatic heterocycles. The van der Waals surface area contributed by atoms with Crippen LogP contribution in [0.4, 0.5) is 0 Å². The molecular formula is C94H61BrN8. The lowest BCUT2D eigenvalue weighted by Gasteiger charge is -2.13. The van der Waals surface area contributed by atoms with E-state index in [1.807, 2.05) is 30.9 Å². The summed E-state index contributed by atoms with van der Waals surface area (Å²) in [5, 5.41) is 15.1. The van der Waals surface area contributed by atoms with E-state index >= 15 is 0 Å². The van der Waals surface area contributed by atoms with Crippen molar-refractivity contribution < 1.29 is 0 Å². The number of nitrogens with one attached hydrogen (secondary N) is 1. The van der Waals surface area contributed by atoms with E-state index in [-0.39, 0.29) is 0 Å². The minimum absolute atomic E-state index is 1.07. The van der Waals surface area contributed by atoms with Crippen LogP contribution < -0.4 is 0 Å². The van der Waals surface area contributed by atoms with Gasteiger partial charge in [0.2, 0.25) is 0 Å². The maximum atomic E-state index is 4.52. The molecule has 0 fully saturated rings. The zero-order valence-electron chi connectivity index (χ0n) is 55.6. The first-order valence-corrected chi connectivity index (χ1v) is 35.6. The molecule has 22 rings (SSSR count). The molecule has 0 saturated carbocycles. The van der Waals surface area contributed by atoms with Gasteiger partial charge in [-0.25, -0.2) is 0 Å². The van der Waals surface area contributed by atoms with E-state index in [0.29, 0.717) is 0 Å². The Balaban J connectivity index is 0.000000115. The molecule has 0 bridgehead atoms. The van der Waals surface area contributed by atoms with Gasteiger partial charge in [-0.15, -0.1) is 0 Å². The number of nitrogens with zero attached hydrogens (tertiary/aromatic N) is 7. The number of pyridine rings is 2. The smallest absolute Gasteiger partial charge is 0.0724 e. The summed E-state index contributed by atoms with van der Waals surface area (Å²) < 4.78 is 12.9.